The van der Waals surface area contributed by atoms with Crippen LogP contribution in [0, 0.1) is 0 Å². The maximum absolute atomic E-state index is 10.7. The average molecular weight is 255 g/mol. The van der Waals surface area contributed by atoms with Crippen molar-refractivity contribution in [3.05, 3.63) is 53.6 Å². The van der Waals surface area contributed by atoms with Gasteiger partial charge in [-0.3, -0.25) is 4.79 Å². The van der Waals surface area contributed by atoms with Gasteiger partial charge < -0.3 is 10.8 Å². The molecule has 98 valence electrons. The van der Waals surface area contributed by atoms with Crippen LogP contribution in [0.15, 0.2) is 42.5 Å². The Morgan fingerprint density at radius 1 is 1.16 bits per heavy atom. The van der Waals surface area contributed by atoms with Crippen molar-refractivity contribution in [1.82, 2.24) is 0 Å². The molecule has 0 aliphatic carbocycles. The normalized spacial score (nSPS) is 10.4. The standard InChI is InChI=1S/C16H17NO2/c1-2-12-5-3-4-6-13(12)14-8-7-11(9-15(14)17)10-16(18)19/h3-9H,2,10,17H2,1H3,(H,18,19). The quantitative estimate of drug-likeness (QED) is 0.825. The van der Waals surface area contributed by atoms with Crippen molar-refractivity contribution in [2.24, 2.45) is 0 Å². The Labute approximate surface area is 112 Å². The van der Waals surface area contributed by atoms with Gasteiger partial charge in [-0.1, -0.05) is 43.3 Å². The van der Waals surface area contributed by atoms with Crippen molar-refractivity contribution < 1.29 is 9.90 Å². The average Bonchev–Trinajstić information content (AvgIpc) is 2.38. The van der Waals surface area contributed by atoms with E-state index in [9.17, 15) is 4.79 Å². The first-order valence-corrected chi connectivity index (χ1v) is 6.30. The molecular formula is C16H17NO2. The Hall–Kier alpha value is -2.29. The largest absolute Gasteiger partial charge is 0.481 e. The molecule has 0 aromatic heterocycles. The monoisotopic (exact) mass is 255 g/mol. The molecule has 0 radical (unpaired) electrons. The first-order chi connectivity index (χ1) is 9.11. The number of carbonyl (C=O) groups is 1. The van der Waals surface area contributed by atoms with Gasteiger partial charge in [0, 0.05) is 11.3 Å². The first kappa shape index (κ1) is 13.1. The zero-order valence-corrected chi connectivity index (χ0v) is 10.9. The van der Waals surface area contributed by atoms with Gasteiger partial charge in [-0.25, -0.2) is 0 Å². The van der Waals surface area contributed by atoms with E-state index in [0.717, 1.165) is 23.1 Å². The fourth-order valence-electron chi connectivity index (χ4n) is 2.23. The van der Waals surface area contributed by atoms with E-state index >= 15 is 0 Å². The van der Waals surface area contributed by atoms with Crippen molar-refractivity contribution in [1.29, 1.82) is 0 Å². The SMILES string of the molecule is CCc1ccccc1-c1ccc(CC(=O)O)cc1N. The Bertz CT molecular complexity index is 605. The van der Waals surface area contributed by atoms with E-state index in [1.54, 1.807) is 6.07 Å². The number of hydrogen-bond acceptors (Lipinski definition) is 2. The predicted molar refractivity (Wildman–Crippen MR) is 77.0 cm³/mol. The van der Waals surface area contributed by atoms with E-state index in [0.29, 0.717) is 5.69 Å². The Morgan fingerprint density at radius 2 is 1.89 bits per heavy atom. The second-order valence-corrected chi connectivity index (χ2v) is 4.50. The van der Waals surface area contributed by atoms with E-state index in [2.05, 4.69) is 13.0 Å². The molecule has 3 N–H and O–H groups in total. The minimum absolute atomic E-state index is 0.0000946. The molecule has 0 fully saturated rings. The second-order valence-electron chi connectivity index (χ2n) is 4.50. The smallest absolute Gasteiger partial charge is 0.307 e. The Balaban J connectivity index is 2.43. The third-order valence-corrected chi connectivity index (χ3v) is 3.16. The lowest BCUT2D eigenvalue weighted by Crippen LogP contribution is -2.01. The molecule has 2 rings (SSSR count). The fourth-order valence-corrected chi connectivity index (χ4v) is 2.23. The number of nitrogen functional groups attached to an aromatic ring is 1. The molecule has 0 spiro atoms. The van der Waals surface area contributed by atoms with Crippen LogP contribution in [0.5, 0.6) is 0 Å². The van der Waals surface area contributed by atoms with E-state index < -0.39 is 5.97 Å². The fraction of sp³-hybridized carbons (Fsp3) is 0.188. The Kier molecular flexibility index (Phi) is 3.85. The molecule has 0 aliphatic rings. The summed E-state index contributed by atoms with van der Waals surface area (Å²) < 4.78 is 0. The predicted octanol–water partition coefficient (Wildman–Crippen LogP) is 3.13. The molecule has 0 amide bonds. The third kappa shape index (κ3) is 2.94. The lowest BCUT2D eigenvalue weighted by molar-refractivity contribution is -0.136. The zero-order valence-electron chi connectivity index (χ0n) is 10.9. The number of hydrogen-bond donors (Lipinski definition) is 2. The van der Waals surface area contributed by atoms with Crippen LogP contribution in [0.2, 0.25) is 0 Å². The first-order valence-electron chi connectivity index (χ1n) is 6.30. The van der Waals surface area contributed by atoms with Crippen molar-refractivity contribution in [3.63, 3.8) is 0 Å². The number of aliphatic carboxylic acids is 1. The van der Waals surface area contributed by atoms with E-state index in [4.69, 9.17) is 10.8 Å². The summed E-state index contributed by atoms with van der Waals surface area (Å²) >= 11 is 0. The number of nitrogens with two attached hydrogens (primary N) is 1. The van der Waals surface area contributed by atoms with Gasteiger partial charge >= 0.3 is 5.97 Å². The van der Waals surface area contributed by atoms with Crippen LogP contribution in [0.4, 0.5) is 5.69 Å². The maximum atomic E-state index is 10.7. The zero-order chi connectivity index (χ0) is 13.8. The molecule has 0 aliphatic heterocycles. The van der Waals surface area contributed by atoms with Crippen LogP contribution >= 0.6 is 0 Å². The van der Waals surface area contributed by atoms with Crippen LogP contribution in [-0.2, 0) is 17.6 Å². The minimum atomic E-state index is -0.846. The van der Waals surface area contributed by atoms with Gasteiger partial charge in [0.25, 0.3) is 0 Å². The van der Waals surface area contributed by atoms with Crippen LogP contribution in [-0.4, -0.2) is 11.1 Å². The third-order valence-electron chi connectivity index (χ3n) is 3.16. The molecule has 3 nitrogen and oxygen atoms in total. The number of anilines is 1. The van der Waals surface area contributed by atoms with Gasteiger partial charge in [0.15, 0.2) is 0 Å². The summed E-state index contributed by atoms with van der Waals surface area (Å²) in [6.07, 6.45) is 0.937. The summed E-state index contributed by atoms with van der Waals surface area (Å²) in [6.45, 7) is 2.10. The highest BCUT2D eigenvalue weighted by Crippen LogP contribution is 2.30. The highest BCUT2D eigenvalue weighted by molar-refractivity contribution is 5.80. The molecule has 3 heteroatoms. The molecule has 0 unspecified atom stereocenters. The summed E-state index contributed by atoms with van der Waals surface area (Å²) in [4.78, 5) is 10.7. The van der Waals surface area contributed by atoms with Crippen molar-refractivity contribution >= 4 is 11.7 Å². The van der Waals surface area contributed by atoms with E-state index in [-0.39, 0.29) is 6.42 Å². The molecule has 0 atom stereocenters. The van der Waals surface area contributed by atoms with Crippen LogP contribution in [0.3, 0.4) is 0 Å². The van der Waals surface area contributed by atoms with Crippen LogP contribution in [0.1, 0.15) is 18.1 Å². The summed E-state index contributed by atoms with van der Waals surface area (Å²) in [5, 5.41) is 8.79. The number of carboxylic acid groups (broad SMARTS) is 1. The molecule has 0 bridgehead atoms. The van der Waals surface area contributed by atoms with E-state index in [1.807, 2.05) is 30.3 Å². The topological polar surface area (TPSA) is 63.3 Å². The number of carboxylic acids is 1. The highest BCUT2D eigenvalue weighted by atomic mass is 16.4. The highest BCUT2D eigenvalue weighted by Gasteiger charge is 2.08. The van der Waals surface area contributed by atoms with Gasteiger partial charge in [-0.05, 0) is 29.2 Å². The lowest BCUT2D eigenvalue weighted by Gasteiger charge is -2.11. The molecule has 2 aromatic rings. The molecule has 2 aromatic carbocycles. The van der Waals surface area contributed by atoms with Gasteiger partial charge in [-0.2, -0.15) is 0 Å². The van der Waals surface area contributed by atoms with Gasteiger partial charge in [0.05, 0.1) is 6.42 Å². The van der Waals surface area contributed by atoms with Crippen LogP contribution in [0.25, 0.3) is 11.1 Å². The maximum Gasteiger partial charge on any atom is 0.307 e. The Morgan fingerprint density at radius 3 is 2.53 bits per heavy atom. The summed E-state index contributed by atoms with van der Waals surface area (Å²) in [5.41, 5.74) is 10.7. The summed E-state index contributed by atoms with van der Waals surface area (Å²) in [5.74, 6) is -0.846. The summed E-state index contributed by atoms with van der Waals surface area (Å²) in [6, 6.07) is 13.6. The number of benzene rings is 2. The lowest BCUT2D eigenvalue weighted by atomic mass is 9.95. The molecule has 0 saturated carbocycles. The van der Waals surface area contributed by atoms with Crippen molar-refractivity contribution in [3.8, 4) is 11.1 Å². The van der Waals surface area contributed by atoms with Gasteiger partial charge in [0.2, 0.25) is 0 Å². The molecule has 0 saturated heterocycles. The second kappa shape index (κ2) is 5.57. The molecule has 0 heterocycles. The van der Waals surface area contributed by atoms with Crippen molar-refractivity contribution in [2.75, 3.05) is 5.73 Å². The summed E-state index contributed by atoms with van der Waals surface area (Å²) in [7, 11) is 0. The van der Waals surface area contributed by atoms with Crippen LogP contribution < -0.4 is 5.73 Å². The minimum Gasteiger partial charge on any atom is -0.481 e. The molecular weight excluding hydrogens is 238 g/mol. The van der Waals surface area contributed by atoms with E-state index in [1.165, 1.54) is 5.56 Å². The number of rotatable bonds is 4. The molecule has 19 heavy (non-hydrogen) atoms. The number of aryl methyl sites for hydroxylation is 1. The van der Waals surface area contributed by atoms with Crippen molar-refractivity contribution in [2.45, 2.75) is 19.8 Å². The van der Waals surface area contributed by atoms with Gasteiger partial charge in [-0.15, -0.1) is 0 Å². The van der Waals surface area contributed by atoms with Gasteiger partial charge in [0.1, 0.15) is 0 Å².